The highest BCUT2D eigenvalue weighted by atomic mass is 19.4. The van der Waals surface area contributed by atoms with E-state index in [0.29, 0.717) is 17.0 Å². The van der Waals surface area contributed by atoms with Crippen molar-refractivity contribution in [3.8, 4) is 11.3 Å². The molecule has 1 aromatic carbocycles. The van der Waals surface area contributed by atoms with Gasteiger partial charge in [0, 0.05) is 11.8 Å². The molecule has 17 heavy (non-hydrogen) atoms. The molecule has 88 valence electrons. The Morgan fingerprint density at radius 3 is 2.53 bits per heavy atom. The highest BCUT2D eigenvalue weighted by Crippen LogP contribution is 2.31. The van der Waals surface area contributed by atoms with Gasteiger partial charge in [0.1, 0.15) is 0 Å². The van der Waals surface area contributed by atoms with E-state index in [0.717, 1.165) is 12.1 Å². The molecule has 0 unspecified atom stereocenters. The van der Waals surface area contributed by atoms with Crippen LogP contribution in [-0.4, -0.2) is 9.97 Å². The average Bonchev–Trinajstić information content (AvgIpc) is 2.28. The van der Waals surface area contributed by atoms with Gasteiger partial charge in [0.25, 0.3) is 0 Å². The zero-order chi connectivity index (χ0) is 12.5. The third-order valence-corrected chi connectivity index (χ3v) is 2.24. The van der Waals surface area contributed by atoms with Gasteiger partial charge in [-0.1, -0.05) is 12.1 Å². The number of hydrogen-bond donors (Lipinski definition) is 0. The van der Waals surface area contributed by atoms with Crippen molar-refractivity contribution >= 4 is 0 Å². The molecule has 5 heteroatoms. The Bertz CT molecular complexity index is 535. The summed E-state index contributed by atoms with van der Waals surface area (Å²) in [7, 11) is 0. The van der Waals surface area contributed by atoms with Crippen LogP contribution in [0, 0.1) is 6.92 Å². The number of rotatable bonds is 1. The third kappa shape index (κ3) is 2.61. The molecular weight excluding hydrogens is 229 g/mol. The lowest BCUT2D eigenvalue weighted by Crippen LogP contribution is -2.04. The van der Waals surface area contributed by atoms with Crippen molar-refractivity contribution in [2.24, 2.45) is 0 Å². The summed E-state index contributed by atoms with van der Waals surface area (Å²) < 4.78 is 37.6. The zero-order valence-electron chi connectivity index (χ0n) is 8.99. The SMILES string of the molecule is Cc1cncc(-c2cccc(C(F)(F)F)c2)n1. The number of benzene rings is 1. The smallest absolute Gasteiger partial charge is 0.261 e. The van der Waals surface area contributed by atoms with E-state index in [9.17, 15) is 13.2 Å². The molecule has 0 aliphatic heterocycles. The van der Waals surface area contributed by atoms with Crippen LogP contribution in [-0.2, 0) is 6.18 Å². The van der Waals surface area contributed by atoms with E-state index in [4.69, 9.17) is 0 Å². The first kappa shape index (κ1) is 11.6. The maximum atomic E-state index is 12.5. The molecule has 1 aromatic heterocycles. The zero-order valence-corrected chi connectivity index (χ0v) is 8.99. The Balaban J connectivity index is 2.47. The predicted octanol–water partition coefficient (Wildman–Crippen LogP) is 3.47. The van der Waals surface area contributed by atoms with E-state index in [2.05, 4.69) is 9.97 Å². The van der Waals surface area contributed by atoms with Crippen molar-refractivity contribution in [2.75, 3.05) is 0 Å². The van der Waals surface area contributed by atoms with Gasteiger partial charge >= 0.3 is 6.18 Å². The Labute approximate surface area is 96.2 Å². The second-order valence-electron chi connectivity index (χ2n) is 3.62. The Kier molecular flexibility index (Phi) is 2.83. The minimum atomic E-state index is -4.34. The standard InChI is InChI=1S/C12H9F3N2/c1-8-6-16-7-11(17-8)9-3-2-4-10(5-9)12(13,14)15/h2-7H,1H3. The maximum absolute atomic E-state index is 12.5. The van der Waals surface area contributed by atoms with Crippen LogP contribution in [0.3, 0.4) is 0 Å². The normalized spacial score (nSPS) is 11.5. The minimum Gasteiger partial charge on any atom is -0.261 e. The van der Waals surface area contributed by atoms with Gasteiger partial charge in [-0.3, -0.25) is 4.98 Å². The minimum absolute atomic E-state index is 0.413. The van der Waals surface area contributed by atoms with Crippen molar-refractivity contribution in [2.45, 2.75) is 13.1 Å². The average molecular weight is 238 g/mol. The lowest BCUT2D eigenvalue weighted by Gasteiger charge is -2.08. The third-order valence-electron chi connectivity index (χ3n) is 2.24. The molecule has 0 amide bonds. The summed E-state index contributed by atoms with van der Waals surface area (Å²) in [5.41, 5.74) is 0.838. The second kappa shape index (κ2) is 4.16. The molecule has 0 saturated heterocycles. The largest absolute Gasteiger partial charge is 0.416 e. The van der Waals surface area contributed by atoms with Gasteiger partial charge in [-0.05, 0) is 19.1 Å². The molecule has 2 nitrogen and oxygen atoms in total. The van der Waals surface area contributed by atoms with Gasteiger partial charge in [-0.25, -0.2) is 4.98 Å². The summed E-state index contributed by atoms with van der Waals surface area (Å²) in [6.45, 7) is 1.74. The first-order chi connectivity index (χ1) is 7.97. The highest BCUT2D eigenvalue weighted by molar-refractivity contribution is 5.59. The fraction of sp³-hybridized carbons (Fsp3) is 0.167. The number of halogens is 3. The molecule has 0 aliphatic rings. The summed E-state index contributed by atoms with van der Waals surface area (Å²) in [5.74, 6) is 0. The molecule has 2 rings (SSSR count). The van der Waals surface area contributed by atoms with Crippen LogP contribution in [0.5, 0.6) is 0 Å². The van der Waals surface area contributed by atoms with Crippen molar-refractivity contribution in [3.05, 3.63) is 47.9 Å². The van der Waals surface area contributed by atoms with E-state index in [1.54, 1.807) is 19.2 Å². The summed E-state index contributed by atoms with van der Waals surface area (Å²) in [6, 6.07) is 5.05. The Morgan fingerprint density at radius 1 is 1.12 bits per heavy atom. The maximum Gasteiger partial charge on any atom is 0.416 e. The molecule has 0 N–H and O–H groups in total. The fourth-order valence-electron chi connectivity index (χ4n) is 1.46. The monoisotopic (exact) mass is 238 g/mol. The van der Waals surface area contributed by atoms with Crippen LogP contribution in [0.2, 0.25) is 0 Å². The molecular formula is C12H9F3N2. The summed E-state index contributed by atoms with van der Waals surface area (Å²) in [4.78, 5) is 8.05. The molecule has 2 aromatic rings. The van der Waals surface area contributed by atoms with E-state index in [-0.39, 0.29) is 0 Å². The molecule has 0 saturated carbocycles. The first-order valence-corrected chi connectivity index (χ1v) is 4.93. The van der Waals surface area contributed by atoms with E-state index < -0.39 is 11.7 Å². The predicted molar refractivity (Wildman–Crippen MR) is 57.2 cm³/mol. The number of hydrogen-bond acceptors (Lipinski definition) is 2. The van der Waals surface area contributed by atoms with Gasteiger partial charge in [0.15, 0.2) is 0 Å². The number of nitrogens with zero attached hydrogens (tertiary/aromatic N) is 2. The lowest BCUT2D eigenvalue weighted by atomic mass is 10.1. The van der Waals surface area contributed by atoms with Crippen LogP contribution in [0.4, 0.5) is 13.2 Å². The van der Waals surface area contributed by atoms with Gasteiger partial charge in [0.2, 0.25) is 0 Å². The highest BCUT2D eigenvalue weighted by Gasteiger charge is 2.30. The van der Waals surface area contributed by atoms with E-state index >= 15 is 0 Å². The Hall–Kier alpha value is -1.91. The molecule has 0 radical (unpaired) electrons. The van der Waals surface area contributed by atoms with E-state index in [1.165, 1.54) is 12.3 Å². The van der Waals surface area contributed by atoms with Crippen molar-refractivity contribution < 1.29 is 13.2 Å². The van der Waals surface area contributed by atoms with Crippen LogP contribution in [0.15, 0.2) is 36.7 Å². The van der Waals surface area contributed by atoms with Crippen LogP contribution >= 0.6 is 0 Å². The molecule has 0 atom stereocenters. The van der Waals surface area contributed by atoms with E-state index in [1.807, 2.05) is 0 Å². The van der Waals surface area contributed by atoms with Crippen LogP contribution < -0.4 is 0 Å². The van der Waals surface area contributed by atoms with Gasteiger partial charge in [0.05, 0.1) is 23.1 Å². The number of aromatic nitrogens is 2. The van der Waals surface area contributed by atoms with Crippen molar-refractivity contribution in [3.63, 3.8) is 0 Å². The lowest BCUT2D eigenvalue weighted by molar-refractivity contribution is -0.137. The molecule has 0 aliphatic carbocycles. The van der Waals surface area contributed by atoms with Gasteiger partial charge in [-0.2, -0.15) is 13.2 Å². The molecule has 0 fully saturated rings. The molecule has 0 spiro atoms. The van der Waals surface area contributed by atoms with Gasteiger partial charge in [-0.15, -0.1) is 0 Å². The van der Waals surface area contributed by atoms with Gasteiger partial charge < -0.3 is 0 Å². The second-order valence-corrected chi connectivity index (χ2v) is 3.62. The quantitative estimate of drug-likeness (QED) is 0.760. The summed E-state index contributed by atoms with van der Waals surface area (Å²) >= 11 is 0. The van der Waals surface area contributed by atoms with Crippen LogP contribution in [0.25, 0.3) is 11.3 Å². The summed E-state index contributed by atoms with van der Waals surface area (Å²) in [6.07, 6.45) is -1.34. The number of alkyl halides is 3. The van der Waals surface area contributed by atoms with Crippen molar-refractivity contribution in [1.82, 2.24) is 9.97 Å². The number of aryl methyl sites for hydroxylation is 1. The summed E-state index contributed by atoms with van der Waals surface area (Å²) in [5, 5.41) is 0. The molecule has 1 heterocycles. The molecule has 0 bridgehead atoms. The Morgan fingerprint density at radius 2 is 1.88 bits per heavy atom. The van der Waals surface area contributed by atoms with Crippen molar-refractivity contribution in [1.29, 1.82) is 0 Å². The topological polar surface area (TPSA) is 25.8 Å². The van der Waals surface area contributed by atoms with Crippen LogP contribution in [0.1, 0.15) is 11.3 Å². The fourth-order valence-corrected chi connectivity index (χ4v) is 1.46. The first-order valence-electron chi connectivity index (χ1n) is 4.93.